The summed E-state index contributed by atoms with van der Waals surface area (Å²) in [6, 6.07) is 20.2. The van der Waals surface area contributed by atoms with Gasteiger partial charge in [0.2, 0.25) is 0 Å². The summed E-state index contributed by atoms with van der Waals surface area (Å²) in [6.45, 7) is 3.48. The number of nitrogens with zero attached hydrogens (tertiary/aromatic N) is 3. The van der Waals surface area contributed by atoms with Crippen molar-refractivity contribution in [2.45, 2.75) is 13.8 Å². The molecule has 40 heavy (non-hydrogen) atoms. The van der Waals surface area contributed by atoms with Crippen molar-refractivity contribution in [3.05, 3.63) is 116 Å². The lowest BCUT2D eigenvalue weighted by Gasteiger charge is -2.18. The molecule has 202 valence electrons. The molecule has 0 fully saturated rings. The third kappa shape index (κ3) is 4.70. The van der Waals surface area contributed by atoms with Crippen molar-refractivity contribution in [1.82, 2.24) is 9.36 Å². The minimum absolute atomic E-state index is 0.131. The Morgan fingerprint density at radius 2 is 1.57 bits per heavy atom. The summed E-state index contributed by atoms with van der Waals surface area (Å²) in [4.78, 5) is 53.4. The van der Waals surface area contributed by atoms with E-state index in [9.17, 15) is 19.2 Å². The molecule has 0 saturated carbocycles. The van der Waals surface area contributed by atoms with Gasteiger partial charge in [0.05, 0.1) is 17.1 Å². The topological polar surface area (TPSA) is 105 Å². The van der Waals surface area contributed by atoms with Gasteiger partial charge in [0.1, 0.15) is 16.4 Å². The van der Waals surface area contributed by atoms with E-state index in [1.54, 1.807) is 68.0 Å². The number of imide groups is 1. The van der Waals surface area contributed by atoms with Gasteiger partial charge in [-0.1, -0.05) is 53.5 Å². The number of benzene rings is 3. The van der Waals surface area contributed by atoms with Gasteiger partial charge in [0, 0.05) is 23.3 Å². The van der Waals surface area contributed by atoms with Crippen LogP contribution in [0, 0.1) is 13.8 Å². The molecule has 2 N–H and O–H groups in total. The maximum atomic E-state index is 13.2. The number of para-hydroxylation sites is 1. The monoisotopic (exact) mass is 575 g/mol. The number of hydrogen-bond donors (Lipinski definition) is 2. The predicted octanol–water partition coefficient (Wildman–Crippen LogP) is 5.13. The normalized spacial score (nSPS) is 13.3. The molecule has 0 aliphatic carbocycles. The van der Waals surface area contributed by atoms with E-state index in [4.69, 9.17) is 23.2 Å². The zero-order chi connectivity index (χ0) is 28.7. The van der Waals surface area contributed by atoms with E-state index in [1.165, 1.54) is 16.8 Å². The van der Waals surface area contributed by atoms with Crippen molar-refractivity contribution in [3.63, 3.8) is 0 Å². The Hall–Kier alpha value is -4.60. The highest BCUT2D eigenvalue weighted by Gasteiger charge is 2.39. The number of carbonyl (C=O) groups is 3. The second-order valence-corrected chi connectivity index (χ2v) is 9.98. The lowest BCUT2D eigenvalue weighted by Crippen LogP contribution is -2.32. The SMILES string of the molecule is Cc1ccc(Cl)cc1N1C(=O)C(Cl)=C(Nc2cccc(C(=O)Nc3c(C)n(C)n(-c4ccccc4)c3=O)c2)C1=O. The van der Waals surface area contributed by atoms with Crippen molar-refractivity contribution in [3.8, 4) is 5.69 Å². The summed E-state index contributed by atoms with van der Waals surface area (Å²) < 4.78 is 3.13. The van der Waals surface area contributed by atoms with E-state index in [1.807, 2.05) is 18.2 Å². The highest BCUT2D eigenvalue weighted by molar-refractivity contribution is 6.53. The van der Waals surface area contributed by atoms with Gasteiger partial charge in [0.25, 0.3) is 23.3 Å². The summed E-state index contributed by atoms with van der Waals surface area (Å²) >= 11 is 12.4. The van der Waals surface area contributed by atoms with Crippen LogP contribution in [0.1, 0.15) is 21.6 Å². The van der Waals surface area contributed by atoms with Crippen LogP contribution < -0.4 is 21.1 Å². The van der Waals surface area contributed by atoms with Crippen LogP contribution in [-0.2, 0) is 16.6 Å². The second kappa shape index (κ2) is 10.5. The predicted molar refractivity (Wildman–Crippen MR) is 155 cm³/mol. The summed E-state index contributed by atoms with van der Waals surface area (Å²) in [7, 11) is 1.73. The van der Waals surface area contributed by atoms with E-state index in [-0.39, 0.29) is 27.5 Å². The van der Waals surface area contributed by atoms with Gasteiger partial charge in [-0.3, -0.25) is 23.9 Å². The third-order valence-electron chi connectivity index (χ3n) is 6.63. The standard InChI is InChI=1S/C29H23Cl2N5O4/c1-16-12-13-19(30)15-22(16)35-27(38)23(31)25(28(35)39)32-20-9-7-8-18(14-20)26(37)33-24-17(2)34(3)36(29(24)40)21-10-5-4-6-11-21/h4-15,32H,1-3H3,(H,33,37). The molecule has 9 nitrogen and oxygen atoms in total. The molecule has 0 radical (unpaired) electrons. The average Bonchev–Trinajstić information content (AvgIpc) is 3.28. The number of amides is 3. The number of aryl methyl sites for hydroxylation is 1. The molecular formula is C29H23Cl2N5O4. The summed E-state index contributed by atoms with van der Waals surface area (Å²) in [5.41, 5.74) is 2.42. The number of hydrogen-bond acceptors (Lipinski definition) is 5. The van der Waals surface area contributed by atoms with Crippen molar-refractivity contribution < 1.29 is 14.4 Å². The molecule has 1 aliphatic rings. The van der Waals surface area contributed by atoms with E-state index in [0.29, 0.717) is 33.3 Å². The minimum Gasteiger partial charge on any atom is -0.350 e. The van der Waals surface area contributed by atoms with Crippen LogP contribution in [0.2, 0.25) is 5.02 Å². The van der Waals surface area contributed by atoms with E-state index >= 15 is 0 Å². The molecule has 1 aliphatic heterocycles. The van der Waals surface area contributed by atoms with Crippen LogP contribution in [-0.4, -0.2) is 27.1 Å². The number of nitrogens with one attached hydrogen (secondary N) is 2. The first-order valence-corrected chi connectivity index (χ1v) is 12.9. The number of carbonyl (C=O) groups excluding carboxylic acids is 3. The third-order valence-corrected chi connectivity index (χ3v) is 7.21. The molecule has 0 bridgehead atoms. The van der Waals surface area contributed by atoms with Crippen LogP contribution in [0.25, 0.3) is 5.69 Å². The summed E-state index contributed by atoms with van der Waals surface area (Å²) in [6.07, 6.45) is 0. The van der Waals surface area contributed by atoms with Crippen molar-refractivity contribution in [1.29, 1.82) is 0 Å². The molecule has 1 aromatic heterocycles. The fourth-order valence-electron chi connectivity index (χ4n) is 4.43. The van der Waals surface area contributed by atoms with Gasteiger partial charge in [-0.25, -0.2) is 9.58 Å². The number of anilines is 3. The molecule has 0 atom stereocenters. The van der Waals surface area contributed by atoms with E-state index in [2.05, 4.69) is 10.6 Å². The number of aromatic nitrogens is 2. The summed E-state index contributed by atoms with van der Waals surface area (Å²) in [5.74, 6) is -1.88. The first-order chi connectivity index (χ1) is 19.1. The molecule has 2 heterocycles. The van der Waals surface area contributed by atoms with Gasteiger partial charge in [-0.15, -0.1) is 0 Å². The quantitative estimate of drug-likeness (QED) is 0.310. The van der Waals surface area contributed by atoms with Crippen LogP contribution in [0.4, 0.5) is 17.1 Å². The highest BCUT2D eigenvalue weighted by atomic mass is 35.5. The molecule has 4 aromatic rings. The molecule has 0 unspecified atom stereocenters. The second-order valence-electron chi connectivity index (χ2n) is 9.16. The molecule has 5 rings (SSSR count). The molecular weight excluding hydrogens is 553 g/mol. The van der Waals surface area contributed by atoms with Gasteiger partial charge >= 0.3 is 0 Å². The van der Waals surface area contributed by atoms with Crippen LogP contribution in [0.15, 0.2) is 88.3 Å². The smallest absolute Gasteiger partial charge is 0.295 e. The van der Waals surface area contributed by atoms with Crippen LogP contribution in [0.5, 0.6) is 0 Å². The van der Waals surface area contributed by atoms with Crippen LogP contribution >= 0.6 is 23.2 Å². The zero-order valence-electron chi connectivity index (χ0n) is 21.7. The Balaban J connectivity index is 1.39. The Kier molecular flexibility index (Phi) is 7.10. The minimum atomic E-state index is -0.692. The van der Waals surface area contributed by atoms with Gasteiger partial charge in [-0.2, -0.15) is 0 Å². The average molecular weight is 576 g/mol. The zero-order valence-corrected chi connectivity index (χ0v) is 23.2. The van der Waals surface area contributed by atoms with Gasteiger partial charge in [0.15, 0.2) is 0 Å². The molecule has 11 heteroatoms. The van der Waals surface area contributed by atoms with E-state index in [0.717, 1.165) is 4.90 Å². The molecule has 3 amide bonds. The maximum absolute atomic E-state index is 13.2. The Labute approximate surface area is 239 Å². The van der Waals surface area contributed by atoms with Crippen molar-refractivity contribution in [2.75, 3.05) is 15.5 Å². The lowest BCUT2D eigenvalue weighted by atomic mass is 10.1. The fraction of sp³-hybridized carbons (Fsp3) is 0.103. The number of halogens is 2. The van der Waals surface area contributed by atoms with Crippen molar-refractivity contribution in [2.24, 2.45) is 7.05 Å². The Morgan fingerprint density at radius 3 is 2.30 bits per heavy atom. The molecule has 3 aromatic carbocycles. The van der Waals surface area contributed by atoms with Crippen LogP contribution in [0.3, 0.4) is 0 Å². The largest absolute Gasteiger partial charge is 0.350 e. The first-order valence-electron chi connectivity index (χ1n) is 12.2. The highest BCUT2D eigenvalue weighted by Crippen LogP contribution is 2.33. The van der Waals surface area contributed by atoms with Gasteiger partial charge in [-0.05, 0) is 61.9 Å². The van der Waals surface area contributed by atoms with Gasteiger partial charge < -0.3 is 10.6 Å². The maximum Gasteiger partial charge on any atom is 0.295 e. The number of rotatable bonds is 6. The lowest BCUT2D eigenvalue weighted by molar-refractivity contribution is -0.120. The van der Waals surface area contributed by atoms with E-state index < -0.39 is 17.7 Å². The summed E-state index contributed by atoms with van der Waals surface area (Å²) in [5, 5.41) is 5.66. The Morgan fingerprint density at radius 1 is 0.850 bits per heavy atom. The van der Waals surface area contributed by atoms with Crippen molar-refractivity contribution >= 4 is 58.0 Å². The Bertz CT molecular complexity index is 1790. The fourth-order valence-corrected chi connectivity index (χ4v) is 4.81. The first kappa shape index (κ1) is 27.0. The molecule has 0 spiro atoms. The molecule has 0 saturated heterocycles.